The summed E-state index contributed by atoms with van der Waals surface area (Å²) in [4.78, 5) is 11.7. The van der Waals surface area contributed by atoms with Crippen molar-refractivity contribution in [3.8, 4) is 0 Å². The average Bonchev–Trinajstić information content (AvgIpc) is 2.79. The monoisotopic (exact) mass is 243 g/mol. The maximum absolute atomic E-state index is 11.7. The third-order valence-corrected chi connectivity index (χ3v) is 3.36. The predicted octanol–water partition coefficient (Wildman–Crippen LogP) is 0.540. The topological polar surface area (TPSA) is 69.6 Å². The first kappa shape index (κ1) is 13.2. The van der Waals surface area contributed by atoms with E-state index in [2.05, 4.69) is 5.32 Å². The molecule has 1 rings (SSSR count). The van der Waals surface area contributed by atoms with Gasteiger partial charge in [0.2, 0.25) is 5.91 Å². The van der Waals surface area contributed by atoms with Crippen molar-refractivity contribution >= 4 is 17.2 Å². The second-order valence-corrected chi connectivity index (χ2v) is 4.59. The molecule has 0 unspecified atom stereocenters. The highest BCUT2D eigenvalue weighted by molar-refractivity contribution is 7.07. The molecular formula is C11H17NO3S. The van der Waals surface area contributed by atoms with Crippen molar-refractivity contribution in [2.45, 2.75) is 25.3 Å². The van der Waals surface area contributed by atoms with Gasteiger partial charge in [-0.3, -0.25) is 4.79 Å². The summed E-state index contributed by atoms with van der Waals surface area (Å²) < 4.78 is 0. The van der Waals surface area contributed by atoms with E-state index in [9.17, 15) is 15.0 Å². The number of aliphatic hydroxyl groups is 2. The summed E-state index contributed by atoms with van der Waals surface area (Å²) in [6, 6.07) is 1.88. The van der Waals surface area contributed by atoms with Crippen LogP contribution in [0, 0.1) is 0 Å². The summed E-state index contributed by atoms with van der Waals surface area (Å²) in [5.74, 6) is -0.177. The van der Waals surface area contributed by atoms with Gasteiger partial charge >= 0.3 is 0 Å². The lowest BCUT2D eigenvalue weighted by molar-refractivity contribution is -0.123. The molecule has 1 aromatic rings. The highest BCUT2D eigenvalue weighted by Gasteiger charge is 2.28. The highest BCUT2D eigenvalue weighted by atomic mass is 32.1. The van der Waals surface area contributed by atoms with E-state index >= 15 is 0 Å². The van der Waals surface area contributed by atoms with Crippen molar-refractivity contribution in [1.29, 1.82) is 0 Å². The molecule has 0 aliphatic carbocycles. The summed E-state index contributed by atoms with van der Waals surface area (Å²) in [7, 11) is 0. The Bertz CT molecular complexity index is 312. The minimum absolute atomic E-state index is 0.177. The lowest BCUT2D eigenvalue weighted by Crippen LogP contribution is -2.54. The second kappa shape index (κ2) is 5.98. The van der Waals surface area contributed by atoms with E-state index in [0.29, 0.717) is 6.42 Å². The molecule has 16 heavy (non-hydrogen) atoms. The Hall–Kier alpha value is -0.910. The molecule has 1 amide bonds. The lowest BCUT2D eigenvalue weighted by Gasteiger charge is -2.29. The van der Waals surface area contributed by atoms with E-state index in [1.165, 1.54) is 11.3 Å². The zero-order valence-electron chi connectivity index (χ0n) is 9.27. The Balaban J connectivity index is 2.55. The Morgan fingerprint density at radius 3 is 2.62 bits per heavy atom. The molecule has 90 valence electrons. The number of thiophene rings is 1. The van der Waals surface area contributed by atoms with Gasteiger partial charge in [0.1, 0.15) is 0 Å². The minimum Gasteiger partial charge on any atom is -0.394 e. The number of aliphatic hydroxyl groups excluding tert-OH is 2. The number of rotatable bonds is 6. The zero-order valence-corrected chi connectivity index (χ0v) is 10.1. The van der Waals surface area contributed by atoms with E-state index < -0.39 is 5.54 Å². The standard InChI is InChI=1S/C11H17NO3S/c1-2-11(7-13,8-14)12-10(15)5-9-3-4-16-6-9/h3-4,6,13-14H,2,5,7-8H2,1H3,(H,12,15). The van der Waals surface area contributed by atoms with Crippen molar-refractivity contribution in [2.24, 2.45) is 0 Å². The smallest absolute Gasteiger partial charge is 0.225 e. The molecule has 1 heterocycles. The van der Waals surface area contributed by atoms with Gasteiger partial charge in [0, 0.05) is 0 Å². The largest absolute Gasteiger partial charge is 0.394 e. The van der Waals surface area contributed by atoms with Crippen LogP contribution in [-0.4, -0.2) is 34.9 Å². The van der Waals surface area contributed by atoms with Crippen LogP contribution in [0.3, 0.4) is 0 Å². The zero-order chi connectivity index (χ0) is 12.0. The predicted molar refractivity (Wildman–Crippen MR) is 63.4 cm³/mol. The number of nitrogens with one attached hydrogen (secondary N) is 1. The Morgan fingerprint density at radius 1 is 1.50 bits per heavy atom. The number of hydrogen-bond acceptors (Lipinski definition) is 4. The van der Waals surface area contributed by atoms with Gasteiger partial charge in [-0.25, -0.2) is 0 Å². The van der Waals surface area contributed by atoms with Gasteiger partial charge < -0.3 is 15.5 Å². The van der Waals surface area contributed by atoms with E-state index in [1.807, 2.05) is 23.8 Å². The average molecular weight is 243 g/mol. The van der Waals surface area contributed by atoms with Crippen LogP contribution in [0.5, 0.6) is 0 Å². The van der Waals surface area contributed by atoms with Crippen LogP contribution < -0.4 is 5.32 Å². The van der Waals surface area contributed by atoms with E-state index in [0.717, 1.165) is 5.56 Å². The molecule has 0 saturated carbocycles. The molecule has 0 aliphatic rings. The van der Waals surface area contributed by atoms with Crippen LogP contribution in [0.2, 0.25) is 0 Å². The molecule has 3 N–H and O–H groups in total. The third-order valence-electron chi connectivity index (χ3n) is 2.63. The van der Waals surface area contributed by atoms with Crippen LogP contribution in [0.1, 0.15) is 18.9 Å². The van der Waals surface area contributed by atoms with Crippen molar-refractivity contribution in [2.75, 3.05) is 13.2 Å². The van der Waals surface area contributed by atoms with E-state index in [1.54, 1.807) is 0 Å². The third kappa shape index (κ3) is 3.30. The van der Waals surface area contributed by atoms with Crippen LogP contribution in [-0.2, 0) is 11.2 Å². The normalized spacial score (nSPS) is 11.4. The first-order valence-electron chi connectivity index (χ1n) is 5.19. The molecule has 0 aliphatic heterocycles. The van der Waals surface area contributed by atoms with Crippen LogP contribution >= 0.6 is 11.3 Å². The second-order valence-electron chi connectivity index (χ2n) is 3.81. The van der Waals surface area contributed by atoms with Gasteiger partial charge in [0.15, 0.2) is 0 Å². The first-order chi connectivity index (χ1) is 7.65. The quantitative estimate of drug-likeness (QED) is 0.683. The van der Waals surface area contributed by atoms with Gasteiger partial charge in [0.25, 0.3) is 0 Å². The molecule has 0 radical (unpaired) electrons. The summed E-state index contributed by atoms with van der Waals surface area (Å²) in [5, 5.41) is 24.9. The molecule has 4 nitrogen and oxygen atoms in total. The molecule has 0 bridgehead atoms. The molecular weight excluding hydrogens is 226 g/mol. The summed E-state index contributed by atoms with van der Waals surface area (Å²) in [6.45, 7) is 1.31. The van der Waals surface area contributed by atoms with Crippen molar-refractivity contribution in [3.63, 3.8) is 0 Å². The fourth-order valence-corrected chi connectivity index (χ4v) is 2.03. The minimum atomic E-state index is -0.896. The van der Waals surface area contributed by atoms with Gasteiger partial charge in [-0.15, -0.1) is 0 Å². The number of carbonyl (C=O) groups excluding carboxylic acids is 1. The first-order valence-corrected chi connectivity index (χ1v) is 6.14. The van der Waals surface area contributed by atoms with Crippen molar-refractivity contribution in [1.82, 2.24) is 5.32 Å². The molecule has 0 saturated heterocycles. The summed E-state index contributed by atoms with van der Waals surface area (Å²) in [5.41, 5.74) is 0.0518. The van der Waals surface area contributed by atoms with Crippen LogP contribution in [0.25, 0.3) is 0 Å². The van der Waals surface area contributed by atoms with Gasteiger partial charge in [-0.2, -0.15) is 11.3 Å². The highest BCUT2D eigenvalue weighted by Crippen LogP contribution is 2.10. The number of hydrogen-bond donors (Lipinski definition) is 3. The Kier molecular flexibility index (Phi) is 4.92. The Morgan fingerprint density at radius 2 is 2.19 bits per heavy atom. The van der Waals surface area contributed by atoms with Gasteiger partial charge in [-0.05, 0) is 28.8 Å². The molecule has 0 spiro atoms. The summed E-state index contributed by atoms with van der Waals surface area (Å²) >= 11 is 1.54. The maximum atomic E-state index is 11.7. The van der Waals surface area contributed by atoms with Gasteiger partial charge in [0.05, 0.1) is 25.2 Å². The fourth-order valence-electron chi connectivity index (χ4n) is 1.36. The molecule has 0 fully saturated rings. The maximum Gasteiger partial charge on any atom is 0.225 e. The molecule has 0 aromatic carbocycles. The number of carbonyl (C=O) groups is 1. The van der Waals surface area contributed by atoms with Gasteiger partial charge in [-0.1, -0.05) is 6.92 Å². The number of amides is 1. The van der Waals surface area contributed by atoms with Crippen molar-refractivity contribution in [3.05, 3.63) is 22.4 Å². The van der Waals surface area contributed by atoms with E-state index in [4.69, 9.17) is 0 Å². The fraction of sp³-hybridized carbons (Fsp3) is 0.545. The Labute approximate surface area is 98.9 Å². The SMILES string of the molecule is CCC(CO)(CO)NC(=O)Cc1ccsc1. The van der Waals surface area contributed by atoms with Crippen LogP contribution in [0.4, 0.5) is 0 Å². The molecule has 5 heteroatoms. The molecule has 0 atom stereocenters. The molecule has 1 aromatic heterocycles. The van der Waals surface area contributed by atoms with Crippen molar-refractivity contribution < 1.29 is 15.0 Å². The lowest BCUT2D eigenvalue weighted by atomic mass is 9.98. The summed E-state index contributed by atoms with van der Waals surface area (Å²) in [6.07, 6.45) is 0.778. The van der Waals surface area contributed by atoms with E-state index in [-0.39, 0.29) is 25.5 Å². The van der Waals surface area contributed by atoms with Crippen LogP contribution in [0.15, 0.2) is 16.8 Å².